The van der Waals surface area contributed by atoms with Gasteiger partial charge in [0.25, 0.3) is 5.97 Å². The lowest BCUT2D eigenvalue weighted by Crippen LogP contribution is -2.36. The molecule has 2 atom stereocenters. The third-order valence-electron chi connectivity index (χ3n) is 3.14. The van der Waals surface area contributed by atoms with Crippen molar-refractivity contribution in [3.63, 3.8) is 0 Å². The number of ether oxygens (including phenoxy) is 6. The van der Waals surface area contributed by atoms with Crippen LogP contribution in [-0.4, -0.2) is 89.4 Å². The Morgan fingerprint density at radius 1 is 1.17 bits per heavy atom. The van der Waals surface area contributed by atoms with Gasteiger partial charge in [-0.25, -0.2) is 0 Å². The average Bonchev–Trinajstić information content (AvgIpc) is 3.41. The second-order valence-corrected chi connectivity index (χ2v) is 4.93. The van der Waals surface area contributed by atoms with Crippen molar-refractivity contribution in [2.24, 2.45) is 0 Å². The molecule has 1 heterocycles. The summed E-state index contributed by atoms with van der Waals surface area (Å²) in [5.74, 6) is -0.931. The molecule has 2 N–H and O–H groups in total. The molecule has 1 aliphatic heterocycles. The van der Waals surface area contributed by atoms with E-state index in [0.717, 1.165) is 13.0 Å². The van der Waals surface area contributed by atoms with E-state index < -0.39 is 12.1 Å². The van der Waals surface area contributed by atoms with Crippen LogP contribution in [0.2, 0.25) is 0 Å². The third-order valence-corrected chi connectivity index (χ3v) is 3.14. The molecule has 1 aliphatic rings. The molecule has 0 saturated carbocycles. The molecule has 1 rings (SSSR count). The smallest absolute Gasteiger partial charge is 0.282 e. The van der Waals surface area contributed by atoms with Crippen molar-refractivity contribution < 1.29 is 38.6 Å². The average molecular weight is 340 g/mol. The lowest BCUT2D eigenvalue weighted by Gasteiger charge is -2.28. The van der Waals surface area contributed by atoms with Crippen LogP contribution < -0.4 is 0 Å². The first-order valence-corrected chi connectivity index (χ1v) is 7.78. The minimum Gasteiger partial charge on any atom is -0.394 e. The Labute approximate surface area is 138 Å². The maximum atomic E-state index is 8.61. The van der Waals surface area contributed by atoms with E-state index in [1.807, 2.05) is 6.92 Å². The first-order valence-electron chi connectivity index (χ1n) is 7.78. The van der Waals surface area contributed by atoms with Crippen molar-refractivity contribution in [1.82, 2.24) is 0 Å². The molecule has 8 nitrogen and oxygen atoms in total. The van der Waals surface area contributed by atoms with Crippen molar-refractivity contribution in [2.75, 3.05) is 61.0 Å². The second kappa shape index (κ2) is 14.1. The van der Waals surface area contributed by atoms with E-state index in [4.69, 9.17) is 38.6 Å². The molecule has 0 bridgehead atoms. The summed E-state index contributed by atoms with van der Waals surface area (Å²) >= 11 is 0. The predicted octanol–water partition coefficient (Wildman–Crippen LogP) is 0.151. The summed E-state index contributed by atoms with van der Waals surface area (Å²) in [6.45, 7) is 4.60. The van der Waals surface area contributed by atoms with Gasteiger partial charge in [0.15, 0.2) is 0 Å². The van der Waals surface area contributed by atoms with Crippen molar-refractivity contribution >= 4 is 0 Å². The Balaban J connectivity index is 0.000000515. The Morgan fingerprint density at radius 3 is 2.22 bits per heavy atom. The second-order valence-electron chi connectivity index (χ2n) is 4.93. The highest BCUT2D eigenvalue weighted by Crippen LogP contribution is 2.19. The van der Waals surface area contributed by atoms with Crippen LogP contribution in [-0.2, 0) is 28.4 Å². The summed E-state index contributed by atoms with van der Waals surface area (Å²) < 4.78 is 30.6. The number of rotatable bonds is 13. The zero-order valence-corrected chi connectivity index (χ0v) is 14.7. The normalized spacial score (nSPS) is 18.3. The molecule has 0 spiro atoms. The Kier molecular flexibility index (Phi) is 13.9. The van der Waals surface area contributed by atoms with Gasteiger partial charge >= 0.3 is 0 Å². The quantitative estimate of drug-likeness (QED) is 0.278. The van der Waals surface area contributed by atoms with E-state index in [2.05, 4.69) is 0 Å². The Bertz CT molecular complexity index is 248. The van der Waals surface area contributed by atoms with E-state index in [0.29, 0.717) is 32.3 Å². The van der Waals surface area contributed by atoms with Crippen molar-refractivity contribution in [2.45, 2.75) is 37.9 Å². The highest BCUT2D eigenvalue weighted by atomic mass is 16.9. The highest BCUT2D eigenvalue weighted by Gasteiger charge is 2.29. The maximum Gasteiger partial charge on any atom is 0.282 e. The van der Waals surface area contributed by atoms with Crippen LogP contribution in [0.15, 0.2) is 0 Å². The third kappa shape index (κ3) is 11.8. The number of hydrogen-bond acceptors (Lipinski definition) is 8. The lowest BCUT2D eigenvalue weighted by molar-refractivity contribution is -0.355. The van der Waals surface area contributed by atoms with Gasteiger partial charge in [0.2, 0.25) is 0 Å². The minimum atomic E-state index is -0.931. The van der Waals surface area contributed by atoms with Gasteiger partial charge < -0.3 is 38.6 Å². The fraction of sp³-hybridized carbons (Fsp3) is 1.00. The molecule has 0 aliphatic carbocycles. The molecule has 1 fully saturated rings. The minimum absolute atomic E-state index is 0.222. The monoisotopic (exact) mass is 340 g/mol. The lowest BCUT2D eigenvalue weighted by atomic mass is 10.3. The van der Waals surface area contributed by atoms with Gasteiger partial charge in [-0.05, 0) is 13.3 Å². The highest BCUT2D eigenvalue weighted by molar-refractivity contribution is 4.67. The molecule has 8 heteroatoms. The largest absolute Gasteiger partial charge is 0.394 e. The Morgan fingerprint density at radius 2 is 1.78 bits per heavy atom. The summed E-state index contributed by atoms with van der Waals surface area (Å²) in [5.41, 5.74) is 0. The summed E-state index contributed by atoms with van der Waals surface area (Å²) in [5, 5.41) is 16.8. The van der Waals surface area contributed by atoms with Gasteiger partial charge in [0, 0.05) is 41.0 Å². The number of hydrogen-bond donors (Lipinski definition) is 2. The first kappa shape index (κ1) is 22.7. The van der Waals surface area contributed by atoms with Crippen molar-refractivity contribution in [3.05, 3.63) is 0 Å². The molecule has 140 valence electrons. The number of aliphatic hydroxyl groups excluding tert-OH is 2. The first-order chi connectivity index (χ1) is 11.1. The predicted molar refractivity (Wildman–Crippen MR) is 83.1 cm³/mol. The number of methoxy groups -OCH3 is 3. The molecule has 0 amide bonds. The fourth-order valence-corrected chi connectivity index (χ4v) is 1.63. The molecule has 0 aromatic carbocycles. The number of aliphatic hydroxyl groups is 2. The molecule has 0 radical (unpaired) electrons. The van der Waals surface area contributed by atoms with E-state index in [1.54, 1.807) is 21.3 Å². The molecule has 2 unspecified atom stereocenters. The van der Waals surface area contributed by atoms with E-state index in [-0.39, 0.29) is 13.2 Å². The van der Waals surface area contributed by atoms with Gasteiger partial charge in [-0.2, -0.15) is 0 Å². The molecular weight excluding hydrogens is 308 g/mol. The van der Waals surface area contributed by atoms with Crippen LogP contribution in [0.3, 0.4) is 0 Å². The fourth-order valence-electron chi connectivity index (χ4n) is 1.63. The van der Waals surface area contributed by atoms with Crippen LogP contribution in [0.25, 0.3) is 0 Å². The van der Waals surface area contributed by atoms with Crippen LogP contribution in [0, 0.1) is 0 Å². The standard InChI is InChI=1S/C10H20O5.C5H12O3/c1-11-10(12-2,13-3)5-4-6-14-7-9-8-15-9;1-2-8-4-5(7)3-6/h9H,4-8H2,1-3H3;5-7H,2-4H2,1H3. The van der Waals surface area contributed by atoms with Crippen LogP contribution >= 0.6 is 0 Å². The van der Waals surface area contributed by atoms with Crippen molar-refractivity contribution in [3.8, 4) is 0 Å². The van der Waals surface area contributed by atoms with Gasteiger partial charge in [0.05, 0.1) is 26.4 Å². The molecule has 0 aromatic rings. The van der Waals surface area contributed by atoms with Crippen molar-refractivity contribution in [1.29, 1.82) is 0 Å². The summed E-state index contributed by atoms with van der Waals surface area (Å²) in [7, 11) is 4.68. The zero-order chi connectivity index (χ0) is 17.6. The van der Waals surface area contributed by atoms with Gasteiger partial charge in [-0.1, -0.05) is 0 Å². The summed E-state index contributed by atoms with van der Waals surface area (Å²) in [4.78, 5) is 0. The number of epoxide rings is 1. The molecule has 0 aromatic heterocycles. The topological polar surface area (TPSA) is 99.1 Å². The SMILES string of the molecule is CCOCC(O)CO.COC(CCCOCC1CO1)(OC)OC. The van der Waals surface area contributed by atoms with Gasteiger partial charge in [0.1, 0.15) is 12.2 Å². The van der Waals surface area contributed by atoms with E-state index in [1.165, 1.54) is 0 Å². The van der Waals surface area contributed by atoms with Crippen LogP contribution in [0.5, 0.6) is 0 Å². The molecule has 1 saturated heterocycles. The summed E-state index contributed by atoms with van der Waals surface area (Å²) in [6, 6.07) is 0. The molecular formula is C15H32O8. The van der Waals surface area contributed by atoms with Gasteiger partial charge in [-0.15, -0.1) is 0 Å². The van der Waals surface area contributed by atoms with Gasteiger partial charge in [-0.3, -0.25) is 0 Å². The maximum absolute atomic E-state index is 8.61. The molecule has 23 heavy (non-hydrogen) atoms. The van der Waals surface area contributed by atoms with Crippen LogP contribution in [0.4, 0.5) is 0 Å². The Hall–Kier alpha value is -0.320. The van der Waals surface area contributed by atoms with Crippen LogP contribution in [0.1, 0.15) is 19.8 Å². The van der Waals surface area contributed by atoms with E-state index >= 15 is 0 Å². The summed E-state index contributed by atoms with van der Waals surface area (Å²) in [6.07, 6.45) is 1.07. The zero-order valence-electron chi connectivity index (χ0n) is 14.7. The van der Waals surface area contributed by atoms with E-state index in [9.17, 15) is 0 Å².